The van der Waals surface area contributed by atoms with Gasteiger partial charge in [-0.05, 0) is 18.9 Å². The van der Waals surface area contributed by atoms with Gasteiger partial charge in [0.2, 0.25) is 0 Å². The fourth-order valence-corrected chi connectivity index (χ4v) is 2.43. The van der Waals surface area contributed by atoms with Crippen LogP contribution in [0.4, 0.5) is 0 Å². The topological polar surface area (TPSA) is 53.4 Å². The van der Waals surface area contributed by atoms with Crippen molar-refractivity contribution in [3.63, 3.8) is 0 Å². The normalized spacial score (nSPS) is 14.8. The molecule has 19 heavy (non-hydrogen) atoms. The molecule has 1 aliphatic rings. The van der Waals surface area contributed by atoms with Gasteiger partial charge in [0.1, 0.15) is 6.61 Å². The summed E-state index contributed by atoms with van der Waals surface area (Å²) < 4.78 is 0. The molecule has 0 atom stereocenters. The first kappa shape index (κ1) is 13.6. The van der Waals surface area contributed by atoms with Gasteiger partial charge in [0.15, 0.2) is 0 Å². The number of amides is 1. The third-order valence-electron chi connectivity index (χ3n) is 3.49. The molecule has 1 amide bonds. The van der Waals surface area contributed by atoms with E-state index in [0.717, 1.165) is 12.8 Å². The monoisotopic (exact) mass is 258 g/mol. The van der Waals surface area contributed by atoms with Crippen molar-refractivity contribution in [1.29, 1.82) is 0 Å². The van der Waals surface area contributed by atoms with Gasteiger partial charge in [-0.3, -0.25) is 9.78 Å². The molecule has 0 bridgehead atoms. The highest BCUT2D eigenvalue weighted by atomic mass is 16.2. The summed E-state index contributed by atoms with van der Waals surface area (Å²) in [5.74, 6) is 5.31. The Morgan fingerprint density at radius 2 is 2.21 bits per heavy atom. The summed E-state index contributed by atoms with van der Waals surface area (Å²) in [6, 6.07) is 2.07. The van der Waals surface area contributed by atoms with Crippen LogP contribution >= 0.6 is 0 Å². The average Bonchev–Trinajstić information content (AvgIpc) is 2.98. The van der Waals surface area contributed by atoms with Crippen LogP contribution in [0.2, 0.25) is 0 Å². The van der Waals surface area contributed by atoms with E-state index in [4.69, 9.17) is 5.11 Å². The third-order valence-corrected chi connectivity index (χ3v) is 3.49. The van der Waals surface area contributed by atoms with Gasteiger partial charge >= 0.3 is 0 Å². The van der Waals surface area contributed by atoms with Crippen LogP contribution in [0.1, 0.15) is 41.6 Å². The van der Waals surface area contributed by atoms with E-state index < -0.39 is 0 Å². The van der Waals surface area contributed by atoms with Gasteiger partial charge in [-0.15, -0.1) is 0 Å². The number of hydrogen-bond acceptors (Lipinski definition) is 3. The van der Waals surface area contributed by atoms with Crippen LogP contribution in [0.15, 0.2) is 18.5 Å². The smallest absolute Gasteiger partial charge is 0.255 e. The zero-order chi connectivity index (χ0) is 13.7. The van der Waals surface area contributed by atoms with Gasteiger partial charge in [-0.25, -0.2) is 0 Å². The molecule has 1 aromatic rings. The summed E-state index contributed by atoms with van der Waals surface area (Å²) in [6.45, 7) is -0.194. The summed E-state index contributed by atoms with van der Waals surface area (Å²) in [4.78, 5) is 18.2. The van der Waals surface area contributed by atoms with E-state index in [1.165, 1.54) is 12.8 Å². The molecule has 1 N–H and O–H groups in total. The molecule has 0 radical (unpaired) electrons. The standard InChI is InChI=1S/C15H18N2O2/c1-17(14-6-2-3-7-14)15(19)13-9-12(5-4-8-18)10-16-11-13/h9-11,14,18H,2-3,6-8H2,1H3. The molecular formula is C15H18N2O2. The Balaban J connectivity index is 2.14. The number of carbonyl (C=O) groups excluding carboxylic acids is 1. The van der Waals surface area contributed by atoms with Crippen molar-refractivity contribution in [2.75, 3.05) is 13.7 Å². The second-order valence-electron chi connectivity index (χ2n) is 4.78. The molecule has 4 nitrogen and oxygen atoms in total. The maximum atomic E-state index is 12.3. The lowest BCUT2D eigenvalue weighted by atomic mass is 10.1. The first-order valence-electron chi connectivity index (χ1n) is 6.54. The van der Waals surface area contributed by atoms with Crippen LogP contribution in [0.3, 0.4) is 0 Å². The van der Waals surface area contributed by atoms with Gasteiger partial charge in [0.05, 0.1) is 5.56 Å². The molecule has 2 rings (SSSR count). The Kier molecular flexibility index (Phi) is 4.53. The molecule has 1 saturated carbocycles. The van der Waals surface area contributed by atoms with Crippen LogP contribution in [0.25, 0.3) is 0 Å². The number of nitrogens with zero attached hydrogens (tertiary/aromatic N) is 2. The van der Waals surface area contributed by atoms with Crippen molar-refractivity contribution < 1.29 is 9.90 Å². The highest BCUT2D eigenvalue weighted by Gasteiger charge is 2.24. The molecule has 1 aromatic heterocycles. The second kappa shape index (κ2) is 6.35. The number of aromatic nitrogens is 1. The fourth-order valence-electron chi connectivity index (χ4n) is 2.43. The van der Waals surface area contributed by atoms with Crippen LogP contribution in [-0.2, 0) is 0 Å². The van der Waals surface area contributed by atoms with Crippen LogP contribution in [0, 0.1) is 11.8 Å². The highest BCUT2D eigenvalue weighted by Crippen LogP contribution is 2.23. The highest BCUT2D eigenvalue weighted by molar-refractivity contribution is 5.94. The molecule has 0 unspecified atom stereocenters. The first-order valence-corrected chi connectivity index (χ1v) is 6.54. The van der Waals surface area contributed by atoms with E-state index in [1.807, 2.05) is 11.9 Å². The predicted molar refractivity (Wildman–Crippen MR) is 72.6 cm³/mol. The Hall–Kier alpha value is -1.86. The number of rotatable bonds is 2. The Bertz CT molecular complexity index is 510. The molecule has 0 aromatic carbocycles. The van der Waals surface area contributed by atoms with E-state index >= 15 is 0 Å². The van der Waals surface area contributed by atoms with Gasteiger partial charge in [-0.2, -0.15) is 0 Å². The number of hydrogen-bond donors (Lipinski definition) is 1. The molecular weight excluding hydrogens is 240 g/mol. The number of aliphatic hydroxyl groups is 1. The molecule has 4 heteroatoms. The fraction of sp³-hybridized carbons (Fsp3) is 0.467. The molecule has 1 heterocycles. The SMILES string of the molecule is CN(C(=O)c1cncc(C#CCO)c1)C1CCCC1. The van der Waals surface area contributed by atoms with Crippen molar-refractivity contribution in [2.24, 2.45) is 0 Å². The summed E-state index contributed by atoms with van der Waals surface area (Å²) in [5, 5.41) is 8.67. The van der Waals surface area contributed by atoms with Crippen LogP contribution in [0.5, 0.6) is 0 Å². The second-order valence-corrected chi connectivity index (χ2v) is 4.78. The van der Waals surface area contributed by atoms with E-state index in [9.17, 15) is 4.79 Å². The summed E-state index contributed by atoms with van der Waals surface area (Å²) in [5.41, 5.74) is 1.21. The third kappa shape index (κ3) is 3.33. The maximum Gasteiger partial charge on any atom is 0.255 e. The largest absolute Gasteiger partial charge is 0.384 e. The minimum Gasteiger partial charge on any atom is -0.384 e. The number of aliphatic hydroxyl groups excluding tert-OH is 1. The van der Waals surface area contributed by atoms with Crippen LogP contribution < -0.4 is 0 Å². The first-order chi connectivity index (χ1) is 9.22. The quantitative estimate of drug-likeness (QED) is 0.817. The van der Waals surface area contributed by atoms with Crippen molar-refractivity contribution in [3.05, 3.63) is 29.6 Å². The molecule has 0 aliphatic heterocycles. The van der Waals surface area contributed by atoms with Crippen molar-refractivity contribution in [2.45, 2.75) is 31.7 Å². The summed E-state index contributed by atoms with van der Waals surface area (Å²) in [7, 11) is 1.85. The van der Waals surface area contributed by atoms with Crippen molar-refractivity contribution >= 4 is 5.91 Å². The Labute approximate surface area is 113 Å². The van der Waals surface area contributed by atoms with Crippen molar-refractivity contribution in [3.8, 4) is 11.8 Å². The molecule has 1 fully saturated rings. The molecule has 100 valence electrons. The van der Waals surface area contributed by atoms with E-state index in [-0.39, 0.29) is 12.5 Å². The van der Waals surface area contributed by atoms with Gasteiger partial charge in [-0.1, -0.05) is 24.7 Å². The zero-order valence-corrected chi connectivity index (χ0v) is 11.1. The summed E-state index contributed by atoms with van der Waals surface area (Å²) in [6.07, 6.45) is 7.72. The minimum absolute atomic E-state index is 0.00736. The minimum atomic E-state index is -0.194. The lowest BCUT2D eigenvalue weighted by Gasteiger charge is -2.24. The number of carbonyl (C=O) groups is 1. The lowest BCUT2D eigenvalue weighted by molar-refractivity contribution is 0.0734. The Morgan fingerprint density at radius 3 is 2.89 bits per heavy atom. The van der Waals surface area contributed by atoms with Gasteiger partial charge in [0, 0.05) is 31.0 Å². The summed E-state index contributed by atoms with van der Waals surface area (Å²) >= 11 is 0. The zero-order valence-electron chi connectivity index (χ0n) is 11.1. The van der Waals surface area contributed by atoms with E-state index in [0.29, 0.717) is 17.2 Å². The predicted octanol–water partition coefficient (Wildman–Crippen LogP) is 1.44. The van der Waals surface area contributed by atoms with Gasteiger partial charge in [0.25, 0.3) is 5.91 Å². The molecule has 1 aliphatic carbocycles. The average molecular weight is 258 g/mol. The van der Waals surface area contributed by atoms with Crippen LogP contribution in [-0.4, -0.2) is 40.6 Å². The van der Waals surface area contributed by atoms with E-state index in [2.05, 4.69) is 16.8 Å². The molecule has 0 spiro atoms. The lowest BCUT2D eigenvalue weighted by Crippen LogP contribution is -2.35. The number of pyridine rings is 1. The van der Waals surface area contributed by atoms with Crippen molar-refractivity contribution in [1.82, 2.24) is 9.88 Å². The van der Waals surface area contributed by atoms with E-state index in [1.54, 1.807) is 18.5 Å². The van der Waals surface area contributed by atoms with Gasteiger partial charge < -0.3 is 10.0 Å². The maximum absolute atomic E-state index is 12.3. The molecule has 0 saturated heterocycles. The Morgan fingerprint density at radius 1 is 1.47 bits per heavy atom.